The topological polar surface area (TPSA) is 93.2 Å². The van der Waals surface area contributed by atoms with Gasteiger partial charge in [-0.15, -0.1) is 0 Å². The van der Waals surface area contributed by atoms with E-state index in [-0.39, 0.29) is 11.3 Å². The highest BCUT2D eigenvalue weighted by molar-refractivity contribution is 6.29. The Morgan fingerprint density at radius 2 is 1.68 bits per heavy atom. The zero-order valence-corrected chi connectivity index (χ0v) is 24.4. The summed E-state index contributed by atoms with van der Waals surface area (Å²) in [4.78, 5) is 30.1. The number of pyridine rings is 2. The first-order chi connectivity index (χ1) is 18.2. The molecule has 0 spiro atoms. The van der Waals surface area contributed by atoms with E-state index < -0.39 is 0 Å². The van der Waals surface area contributed by atoms with E-state index in [1.165, 1.54) is 0 Å². The summed E-state index contributed by atoms with van der Waals surface area (Å²) in [7, 11) is 0. The fourth-order valence-electron chi connectivity index (χ4n) is 3.95. The Bertz CT molecular complexity index is 1370. The molecule has 204 valence electrons. The lowest BCUT2D eigenvalue weighted by molar-refractivity contribution is 0.0744. The molecule has 0 radical (unpaired) electrons. The second-order valence-corrected chi connectivity index (χ2v) is 9.91. The van der Waals surface area contributed by atoms with Crippen LogP contribution in [0.2, 0.25) is 5.15 Å². The van der Waals surface area contributed by atoms with Crippen LogP contribution in [0.3, 0.4) is 0 Å². The molecule has 0 aromatic carbocycles. The van der Waals surface area contributed by atoms with Crippen molar-refractivity contribution in [2.24, 2.45) is 0 Å². The van der Waals surface area contributed by atoms with Crippen LogP contribution >= 0.6 is 11.6 Å². The fraction of sp³-hybridized carbons (Fsp3) is 0.464. The van der Waals surface area contributed by atoms with Crippen LogP contribution in [-0.2, 0) is 5.41 Å². The average molecular weight is 540 g/mol. The molecule has 1 aliphatic rings. The van der Waals surface area contributed by atoms with Gasteiger partial charge in [-0.2, -0.15) is 10.1 Å². The number of halogens is 1. The number of aromatic nitrogens is 5. The monoisotopic (exact) mass is 539 g/mol. The molecule has 0 unspecified atom stereocenters. The van der Waals surface area contributed by atoms with Crippen LogP contribution in [0, 0.1) is 6.92 Å². The molecule has 0 bridgehead atoms. The smallest absolute Gasteiger partial charge is 0.300 e. The maximum Gasteiger partial charge on any atom is 0.300 e. The first-order valence-corrected chi connectivity index (χ1v) is 13.6. The third kappa shape index (κ3) is 6.32. The highest BCUT2D eigenvalue weighted by Gasteiger charge is 2.26. The number of hydrogen-bond donors (Lipinski definition) is 0. The van der Waals surface area contributed by atoms with Crippen molar-refractivity contribution in [3.63, 3.8) is 0 Å². The summed E-state index contributed by atoms with van der Waals surface area (Å²) in [5, 5.41) is 4.84. The summed E-state index contributed by atoms with van der Waals surface area (Å²) in [6, 6.07) is 5.80. The summed E-state index contributed by atoms with van der Waals surface area (Å²) in [5.74, 6) is 0.685. The number of oxazole rings is 1. The Kier molecular flexibility index (Phi) is 9.49. The third-order valence-corrected chi connectivity index (χ3v) is 6.22. The van der Waals surface area contributed by atoms with Crippen molar-refractivity contribution in [2.75, 3.05) is 31.1 Å². The van der Waals surface area contributed by atoms with Crippen molar-refractivity contribution in [3.8, 4) is 5.82 Å². The van der Waals surface area contributed by atoms with Gasteiger partial charge < -0.3 is 14.2 Å². The molecule has 0 atom stereocenters. The zero-order valence-electron chi connectivity index (χ0n) is 23.6. The Balaban J connectivity index is 0.000000956. The molecule has 4 aromatic heterocycles. The van der Waals surface area contributed by atoms with E-state index in [0.717, 1.165) is 16.9 Å². The zero-order chi connectivity index (χ0) is 28.0. The minimum atomic E-state index is -0.0383. The van der Waals surface area contributed by atoms with Gasteiger partial charge in [-0.3, -0.25) is 4.79 Å². The van der Waals surface area contributed by atoms with Gasteiger partial charge in [0, 0.05) is 38.6 Å². The van der Waals surface area contributed by atoms with Crippen molar-refractivity contribution in [3.05, 3.63) is 58.6 Å². The number of hydrogen-bond acceptors (Lipinski definition) is 7. The molecule has 5 rings (SSSR count). The number of anilines is 1. The normalized spacial score (nSPS) is 13.5. The minimum absolute atomic E-state index is 0.00561. The van der Waals surface area contributed by atoms with Gasteiger partial charge in [-0.1, -0.05) is 60.1 Å². The van der Waals surface area contributed by atoms with E-state index in [9.17, 15) is 4.79 Å². The largest absolute Gasteiger partial charge is 0.422 e. The van der Waals surface area contributed by atoms with Gasteiger partial charge in [0.1, 0.15) is 5.15 Å². The number of carbonyl (C=O) groups is 1. The number of aryl methyl sites for hydroxylation is 1. The number of amides is 1. The molecular formula is C28H38ClN7O2. The van der Waals surface area contributed by atoms with Crippen molar-refractivity contribution < 1.29 is 9.21 Å². The van der Waals surface area contributed by atoms with Crippen LogP contribution in [0.1, 0.15) is 70.0 Å². The number of rotatable bonds is 3. The van der Waals surface area contributed by atoms with Gasteiger partial charge in [-0.05, 0) is 41.7 Å². The van der Waals surface area contributed by atoms with E-state index in [1.54, 1.807) is 23.0 Å². The lowest BCUT2D eigenvalue weighted by Gasteiger charge is -2.33. The second-order valence-electron chi connectivity index (χ2n) is 9.52. The summed E-state index contributed by atoms with van der Waals surface area (Å²) in [6.45, 7) is 18.7. The van der Waals surface area contributed by atoms with Crippen LogP contribution in [0.4, 0.5) is 6.01 Å². The number of fused-ring (bicyclic) bond motifs is 1. The standard InChI is InChI=1S/C24H26ClN7O2.2C2H6/c1-15-11-16(12-26-21(15)32-14-17(13-27-32)24(2,3)4)22(33)30-7-9-31(10-8-30)23-29-20-18(34-23)5-6-19(25)28-20;2*1-2/h5-6,11-14H,7-10H2,1-4H3;2*1-2H3. The van der Waals surface area contributed by atoms with E-state index >= 15 is 0 Å². The molecule has 1 amide bonds. The average Bonchev–Trinajstić information content (AvgIpc) is 3.58. The first kappa shape index (κ1) is 29.1. The van der Waals surface area contributed by atoms with Crippen LogP contribution in [-0.4, -0.2) is 61.7 Å². The molecular weight excluding hydrogens is 502 g/mol. The van der Waals surface area contributed by atoms with Crippen LogP contribution < -0.4 is 4.90 Å². The van der Waals surface area contributed by atoms with Crippen molar-refractivity contribution in [2.45, 2.75) is 60.8 Å². The Morgan fingerprint density at radius 1 is 1.00 bits per heavy atom. The molecule has 0 saturated carbocycles. The van der Waals surface area contributed by atoms with E-state index in [1.807, 2.05) is 62.9 Å². The van der Waals surface area contributed by atoms with E-state index in [2.05, 4.69) is 40.8 Å². The summed E-state index contributed by atoms with van der Waals surface area (Å²) < 4.78 is 7.58. The third-order valence-electron chi connectivity index (χ3n) is 6.01. The van der Waals surface area contributed by atoms with Crippen molar-refractivity contribution in [1.29, 1.82) is 0 Å². The van der Waals surface area contributed by atoms with Gasteiger partial charge >= 0.3 is 0 Å². The maximum atomic E-state index is 13.1. The number of piperazine rings is 1. The van der Waals surface area contributed by atoms with Crippen LogP contribution in [0.15, 0.2) is 41.2 Å². The molecule has 1 fully saturated rings. The van der Waals surface area contributed by atoms with Gasteiger partial charge in [0.2, 0.25) is 5.65 Å². The molecule has 5 heterocycles. The van der Waals surface area contributed by atoms with Crippen LogP contribution in [0.5, 0.6) is 0 Å². The van der Waals surface area contributed by atoms with E-state index in [0.29, 0.717) is 54.1 Å². The fourth-order valence-corrected chi connectivity index (χ4v) is 4.10. The Hall–Kier alpha value is -3.46. The maximum absolute atomic E-state index is 13.1. The number of nitrogens with zero attached hydrogens (tertiary/aromatic N) is 7. The highest BCUT2D eigenvalue weighted by atomic mass is 35.5. The molecule has 1 aliphatic heterocycles. The molecule has 1 saturated heterocycles. The predicted molar refractivity (Wildman–Crippen MR) is 152 cm³/mol. The van der Waals surface area contributed by atoms with Gasteiger partial charge in [0.25, 0.3) is 11.9 Å². The summed E-state index contributed by atoms with van der Waals surface area (Å²) in [6.07, 6.45) is 5.48. The van der Waals surface area contributed by atoms with E-state index in [4.69, 9.17) is 16.0 Å². The van der Waals surface area contributed by atoms with Crippen molar-refractivity contribution in [1.82, 2.24) is 29.6 Å². The van der Waals surface area contributed by atoms with Crippen LogP contribution in [0.25, 0.3) is 17.0 Å². The molecule has 0 aliphatic carbocycles. The summed E-state index contributed by atoms with van der Waals surface area (Å²) in [5.41, 5.74) is 3.67. The quantitative estimate of drug-likeness (QED) is 0.291. The Labute approximate surface area is 229 Å². The molecule has 4 aromatic rings. The molecule has 9 nitrogen and oxygen atoms in total. The number of carbonyl (C=O) groups excluding carboxylic acids is 1. The van der Waals surface area contributed by atoms with Gasteiger partial charge in [-0.25, -0.2) is 14.6 Å². The lowest BCUT2D eigenvalue weighted by atomic mass is 9.90. The SMILES string of the molecule is CC.CC.Cc1cc(C(=O)N2CCN(c3nc4nc(Cl)ccc4o3)CC2)cnc1-n1cc(C(C)(C)C)cn1. The van der Waals surface area contributed by atoms with Gasteiger partial charge in [0.15, 0.2) is 11.4 Å². The first-order valence-electron chi connectivity index (χ1n) is 13.2. The minimum Gasteiger partial charge on any atom is -0.422 e. The highest BCUT2D eigenvalue weighted by Crippen LogP contribution is 2.25. The van der Waals surface area contributed by atoms with Crippen molar-refractivity contribution >= 4 is 34.8 Å². The summed E-state index contributed by atoms with van der Waals surface area (Å²) >= 11 is 5.94. The molecule has 0 N–H and O–H groups in total. The molecule has 38 heavy (non-hydrogen) atoms. The van der Waals surface area contributed by atoms with Gasteiger partial charge in [0.05, 0.1) is 11.8 Å². The predicted octanol–water partition coefficient (Wildman–Crippen LogP) is 6.08. The lowest BCUT2D eigenvalue weighted by Crippen LogP contribution is -2.49. The second kappa shape index (κ2) is 12.4. The molecule has 10 heteroatoms. The Morgan fingerprint density at radius 3 is 2.29 bits per heavy atom.